The third-order valence-corrected chi connectivity index (χ3v) is 4.91. The van der Waals surface area contributed by atoms with Gasteiger partial charge in [-0.05, 0) is 30.5 Å². The lowest BCUT2D eigenvalue weighted by atomic mass is 9.98. The van der Waals surface area contributed by atoms with Crippen molar-refractivity contribution in [3.8, 4) is 0 Å². The molecule has 0 bridgehead atoms. The average Bonchev–Trinajstić information content (AvgIpc) is 2.86. The minimum absolute atomic E-state index is 0.0275. The molecule has 0 saturated carbocycles. The van der Waals surface area contributed by atoms with Crippen LogP contribution in [0.4, 0.5) is 0 Å². The van der Waals surface area contributed by atoms with Crippen molar-refractivity contribution in [1.82, 2.24) is 4.90 Å². The van der Waals surface area contributed by atoms with Gasteiger partial charge < -0.3 is 10.0 Å². The third-order valence-electron chi connectivity index (χ3n) is 3.10. The SMILES string of the molecule is CSc1ccsc1C(=O)N1CCC[C@H](C(=O)O)C1. The molecule has 0 radical (unpaired) electrons. The number of carboxylic acids is 1. The fourth-order valence-corrected chi connectivity index (χ4v) is 3.83. The third kappa shape index (κ3) is 2.70. The number of amides is 1. The van der Waals surface area contributed by atoms with Gasteiger partial charge in [-0.2, -0.15) is 0 Å². The summed E-state index contributed by atoms with van der Waals surface area (Å²) in [5, 5.41) is 10.9. The molecule has 2 rings (SSSR count). The summed E-state index contributed by atoms with van der Waals surface area (Å²) in [5.74, 6) is -1.25. The number of aliphatic carboxylic acids is 1. The Labute approximate surface area is 114 Å². The van der Waals surface area contributed by atoms with Crippen LogP contribution in [0.15, 0.2) is 16.3 Å². The Bertz CT molecular complexity index is 458. The number of hydrogen-bond donors (Lipinski definition) is 1. The number of hydrogen-bond acceptors (Lipinski definition) is 4. The molecule has 1 saturated heterocycles. The topological polar surface area (TPSA) is 57.6 Å². The molecular weight excluding hydrogens is 270 g/mol. The van der Waals surface area contributed by atoms with Crippen molar-refractivity contribution in [2.45, 2.75) is 17.7 Å². The molecule has 2 heterocycles. The summed E-state index contributed by atoms with van der Waals surface area (Å²) in [7, 11) is 0. The smallest absolute Gasteiger partial charge is 0.308 e. The summed E-state index contributed by atoms with van der Waals surface area (Å²) >= 11 is 2.97. The highest BCUT2D eigenvalue weighted by Crippen LogP contribution is 2.28. The van der Waals surface area contributed by atoms with E-state index in [0.717, 1.165) is 16.2 Å². The van der Waals surface area contributed by atoms with Gasteiger partial charge in [-0.15, -0.1) is 23.1 Å². The van der Waals surface area contributed by atoms with Crippen LogP contribution >= 0.6 is 23.1 Å². The molecule has 6 heteroatoms. The maximum Gasteiger partial charge on any atom is 0.308 e. The second-order valence-corrected chi connectivity index (χ2v) is 6.01. The Morgan fingerprint density at radius 3 is 3.00 bits per heavy atom. The standard InChI is InChI=1S/C12H15NO3S2/c1-17-9-4-6-18-10(9)11(14)13-5-2-3-8(7-13)12(15)16/h4,6,8H,2-3,5,7H2,1H3,(H,15,16)/t8-/m0/s1. The van der Waals surface area contributed by atoms with Crippen LogP contribution in [-0.2, 0) is 4.79 Å². The van der Waals surface area contributed by atoms with Crippen LogP contribution in [0, 0.1) is 5.92 Å². The van der Waals surface area contributed by atoms with Crippen molar-refractivity contribution in [3.63, 3.8) is 0 Å². The van der Waals surface area contributed by atoms with Crippen molar-refractivity contribution in [3.05, 3.63) is 16.3 Å². The monoisotopic (exact) mass is 285 g/mol. The first-order chi connectivity index (χ1) is 8.63. The second-order valence-electron chi connectivity index (χ2n) is 4.25. The van der Waals surface area contributed by atoms with Gasteiger partial charge in [0, 0.05) is 18.0 Å². The normalized spacial score (nSPS) is 19.8. The molecule has 18 heavy (non-hydrogen) atoms. The average molecular weight is 285 g/mol. The van der Waals surface area contributed by atoms with E-state index in [2.05, 4.69) is 0 Å². The zero-order valence-electron chi connectivity index (χ0n) is 10.1. The fourth-order valence-electron chi connectivity index (χ4n) is 2.12. The minimum Gasteiger partial charge on any atom is -0.481 e. The zero-order valence-corrected chi connectivity index (χ0v) is 11.7. The molecule has 0 aromatic carbocycles. The van der Waals surface area contributed by atoms with E-state index in [1.807, 2.05) is 17.7 Å². The van der Waals surface area contributed by atoms with E-state index in [-0.39, 0.29) is 5.91 Å². The van der Waals surface area contributed by atoms with E-state index in [1.54, 1.807) is 16.7 Å². The number of likely N-dealkylation sites (tertiary alicyclic amines) is 1. The molecule has 0 aliphatic carbocycles. The number of thiophene rings is 1. The molecule has 1 aliphatic heterocycles. The largest absolute Gasteiger partial charge is 0.481 e. The molecule has 4 nitrogen and oxygen atoms in total. The van der Waals surface area contributed by atoms with Gasteiger partial charge in [-0.3, -0.25) is 9.59 Å². The highest BCUT2D eigenvalue weighted by atomic mass is 32.2. The summed E-state index contributed by atoms with van der Waals surface area (Å²) in [6.45, 7) is 0.994. The lowest BCUT2D eigenvalue weighted by Crippen LogP contribution is -2.42. The van der Waals surface area contributed by atoms with Gasteiger partial charge in [-0.25, -0.2) is 0 Å². The molecular formula is C12H15NO3S2. The van der Waals surface area contributed by atoms with Crippen LogP contribution in [0.2, 0.25) is 0 Å². The molecule has 1 aliphatic rings. The van der Waals surface area contributed by atoms with E-state index < -0.39 is 11.9 Å². The van der Waals surface area contributed by atoms with Gasteiger partial charge in [-0.1, -0.05) is 0 Å². The molecule has 1 atom stereocenters. The molecule has 0 spiro atoms. The van der Waals surface area contributed by atoms with Gasteiger partial charge >= 0.3 is 5.97 Å². The van der Waals surface area contributed by atoms with E-state index in [0.29, 0.717) is 19.5 Å². The second kappa shape index (κ2) is 5.75. The summed E-state index contributed by atoms with van der Waals surface area (Å²) in [6, 6.07) is 1.93. The highest BCUT2D eigenvalue weighted by Gasteiger charge is 2.29. The fraction of sp³-hybridized carbons (Fsp3) is 0.500. The molecule has 1 aromatic heterocycles. The first-order valence-corrected chi connectivity index (χ1v) is 7.87. The van der Waals surface area contributed by atoms with Crippen molar-refractivity contribution >= 4 is 35.0 Å². The summed E-state index contributed by atoms with van der Waals surface area (Å²) in [4.78, 5) is 26.7. The number of carboxylic acid groups (broad SMARTS) is 1. The van der Waals surface area contributed by atoms with Crippen molar-refractivity contribution in [2.24, 2.45) is 5.92 Å². The Morgan fingerprint density at radius 2 is 2.33 bits per heavy atom. The van der Waals surface area contributed by atoms with Crippen molar-refractivity contribution in [2.75, 3.05) is 19.3 Å². The number of thioether (sulfide) groups is 1. The van der Waals surface area contributed by atoms with Crippen molar-refractivity contribution in [1.29, 1.82) is 0 Å². The minimum atomic E-state index is -0.802. The Hall–Kier alpha value is -1.01. The van der Waals surface area contributed by atoms with Gasteiger partial charge in [0.25, 0.3) is 5.91 Å². The number of nitrogens with zero attached hydrogens (tertiary/aromatic N) is 1. The maximum absolute atomic E-state index is 12.3. The van der Waals surface area contributed by atoms with E-state index in [1.165, 1.54) is 11.3 Å². The molecule has 98 valence electrons. The lowest BCUT2D eigenvalue weighted by Gasteiger charge is -2.30. The quantitative estimate of drug-likeness (QED) is 0.866. The Kier molecular flexibility index (Phi) is 4.29. The van der Waals surface area contributed by atoms with Crippen LogP contribution in [0.25, 0.3) is 0 Å². The lowest BCUT2D eigenvalue weighted by molar-refractivity contribution is -0.143. The van der Waals surface area contributed by atoms with Crippen LogP contribution in [0.3, 0.4) is 0 Å². The Balaban J connectivity index is 2.11. The van der Waals surface area contributed by atoms with Crippen molar-refractivity contribution < 1.29 is 14.7 Å². The molecule has 0 unspecified atom stereocenters. The maximum atomic E-state index is 12.3. The van der Waals surface area contributed by atoms with E-state index in [4.69, 9.17) is 5.11 Å². The van der Waals surface area contributed by atoms with Crippen LogP contribution in [0.5, 0.6) is 0 Å². The number of piperidine rings is 1. The van der Waals surface area contributed by atoms with Crippen LogP contribution < -0.4 is 0 Å². The van der Waals surface area contributed by atoms with Gasteiger partial charge in [0.05, 0.1) is 5.92 Å². The Morgan fingerprint density at radius 1 is 1.56 bits per heavy atom. The van der Waals surface area contributed by atoms with E-state index >= 15 is 0 Å². The first-order valence-electron chi connectivity index (χ1n) is 5.77. The number of carbonyl (C=O) groups is 2. The first kappa shape index (κ1) is 13.4. The van der Waals surface area contributed by atoms with E-state index in [9.17, 15) is 9.59 Å². The van der Waals surface area contributed by atoms with Gasteiger partial charge in [0.1, 0.15) is 4.88 Å². The number of rotatable bonds is 3. The molecule has 1 fully saturated rings. The summed E-state index contributed by atoms with van der Waals surface area (Å²) in [6.07, 6.45) is 3.37. The van der Waals surface area contributed by atoms with Crippen LogP contribution in [-0.4, -0.2) is 41.2 Å². The van der Waals surface area contributed by atoms with Gasteiger partial charge in [0.15, 0.2) is 0 Å². The van der Waals surface area contributed by atoms with Gasteiger partial charge in [0.2, 0.25) is 0 Å². The predicted octanol–water partition coefficient (Wildman–Crippen LogP) is 2.41. The summed E-state index contributed by atoms with van der Waals surface area (Å²) < 4.78 is 0. The molecule has 1 N–H and O–H groups in total. The highest BCUT2D eigenvalue weighted by molar-refractivity contribution is 7.98. The predicted molar refractivity (Wildman–Crippen MR) is 72.4 cm³/mol. The molecule has 1 amide bonds. The zero-order chi connectivity index (χ0) is 13.1. The molecule has 1 aromatic rings. The number of carbonyl (C=O) groups excluding carboxylic acids is 1. The van der Waals surface area contributed by atoms with Crippen LogP contribution in [0.1, 0.15) is 22.5 Å². The summed E-state index contributed by atoms with van der Waals surface area (Å²) in [5.41, 5.74) is 0.